The molecule has 1 N–H and O–H groups in total. The summed E-state index contributed by atoms with van der Waals surface area (Å²) in [7, 11) is 1.34. The van der Waals surface area contributed by atoms with Gasteiger partial charge in [0.25, 0.3) is 0 Å². The number of hydrogen-bond acceptors (Lipinski definition) is 7. The Morgan fingerprint density at radius 2 is 2.21 bits per heavy atom. The minimum Gasteiger partial charge on any atom is -0.467 e. The summed E-state index contributed by atoms with van der Waals surface area (Å²) in [5.74, 6) is 0.528. The Morgan fingerprint density at radius 1 is 1.43 bits per heavy atom. The molecule has 0 unspecified atom stereocenters. The predicted molar refractivity (Wildman–Crippen MR) is 110 cm³/mol. The molecule has 0 aromatic carbocycles. The van der Waals surface area contributed by atoms with Gasteiger partial charge in [0, 0.05) is 17.3 Å². The minimum absolute atomic E-state index is 0.00826. The molecule has 1 aliphatic rings. The Balaban J connectivity index is 1.63. The molecule has 2 atom stereocenters. The maximum absolute atomic E-state index is 12.4. The lowest BCUT2D eigenvalue weighted by Crippen LogP contribution is -2.46. The standard InChI is InChI=1S/C19H26N4O3S2/c1-4-12(2)17(18(25)26-3)20-16(24)11-28-19-22-21-15(23(19)13-7-8-13)10-14-6-5-9-27-14/h5-6,9,12-13,17H,4,7-8,10-11H2,1-3H3,(H,20,24)/t12-,17+/m0/s1. The van der Waals surface area contributed by atoms with Gasteiger partial charge in [0.05, 0.1) is 12.9 Å². The topological polar surface area (TPSA) is 86.1 Å². The number of amides is 1. The third-order valence-electron chi connectivity index (χ3n) is 4.88. The second-order valence-corrected chi connectivity index (χ2v) is 8.97. The number of thiophene rings is 1. The number of rotatable bonds is 10. The number of carbonyl (C=O) groups is 2. The molecule has 0 spiro atoms. The number of thioether (sulfide) groups is 1. The van der Waals surface area contributed by atoms with Crippen molar-refractivity contribution in [1.82, 2.24) is 20.1 Å². The molecule has 7 nitrogen and oxygen atoms in total. The second-order valence-electron chi connectivity index (χ2n) is 7.00. The number of nitrogens with zero attached hydrogens (tertiary/aromatic N) is 3. The van der Waals surface area contributed by atoms with E-state index in [-0.39, 0.29) is 17.6 Å². The summed E-state index contributed by atoms with van der Waals surface area (Å²) < 4.78 is 7.00. The van der Waals surface area contributed by atoms with Gasteiger partial charge in [-0.05, 0) is 30.2 Å². The second kappa shape index (κ2) is 9.56. The smallest absolute Gasteiger partial charge is 0.328 e. The summed E-state index contributed by atoms with van der Waals surface area (Å²) in [6.07, 6.45) is 3.77. The number of carbonyl (C=O) groups excluding carboxylic acids is 2. The molecule has 0 radical (unpaired) electrons. The molecule has 28 heavy (non-hydrogen) atoms. The quantitative estimate of drug-likeness (QED) is 0.468. The van der Waals surface area contributed by atoms with Crippen LogP contribution in [-0.2, 0) is 20.7 Å². The van der Waals surface area contributed by atoms with Crippen molar-refractivity contribution in [3.63, 3.8) is 0 Å². The Bertz CT molecular complexity index is 802. The number of nitrogens with one attached hydrogen (secondary N) is 1. The first-order chi connectivity index (χ1) is 13.5. The van der Waals surface area contributed by atoms with Crippen LogP contribution in [0, 0.1) is 5.92 Å². The first-order valence-electron chi connectivity index (χ1n) is 9.49. The van der Waals surface area contributed by atoms with Gasteiger partial charge in [-0.25, -0.2) is 4.79 Å². The zero-order chi connectivity index (χ0) is 20.1. The van der Waals surface area contributed by atoms with Gasteiger partial charge in [-0.1, -0.05) is 38.1 Å². The molecule has 0 bridgehead atoms. The summed E-state index contributed by atoms with van der Waals surface area (Å²) in [6.45, 7) is 3.91. The lowest BCUT2D eigenvalue weighted by atomic mass is 9.99. The van der Waals surface area contributed by atoms with E-state index in [4.69, 9.17) is 4.74 Å². The van der Waals surface area contributed by atoms with Crippen LogP contribution in [0.3, 0.4) is 0 Å². The van der Waals surface area contributed by atoms with Crippen molar-refractivity contribution in [3.8, 4) is 0 Å². The monoisotopic (exact) mass is 422 g/mol. The number of hydrogen-bond donors (Lipinski definition) is 1. The number of esters is 1. The molecule has 152 valence electrons. The Labute approximate surface area is 173 Å². The molecule has 1 fully saturated rings. The Hall–Kier alpha value is -1.87. The van der Waals surface area contributed by atoms with Gasteiger partial charge in [-0.3, -0.25) is 4.79 Å². The molecule has 0 saturated heterocycles. The van der Waals surface area contributed by atoms with Crippen molar-refractivity contribution in [2.24, 2.45) is 5.92 Å². The van der Waals surface area contributed by atoms with Crippen LogP contribution in [0.15, 0.2) is 22.7 Å². The highest BCUT2D eigenvalue weighted by molar-refractivity contribution is 7.99. The highest BCUT2D eigenvalue weighted by Gasteiger charge is 2.31. The number of aromatic nitrogens is 3. The van der Waals surface area contributed by atoms with Gasteiger partial charge < -0.3 is 14.6 Å². The van der Waals surface area contributed by atoms with Gasteiger partial charge in [-0.15, -0.1) is 21.5 Å². The van der Waals surface area contributed by atoms with Gasteiger partial charge in [-0.2, -0.15) is 0 Å². The van der Waals surface area contributed by atoms with Crippen LogP contribution in [0.2, 0.25) is 0 Å². The first kappa shape index (κ1) is 20.9. The van der Waals surface area contributed by atoms with E-state index in [2.05, 4.69) is 31.5 Å². The lowest BCUT2D eigenvalue weighted by Gasteiger charge is -2.21. The molecular weight excluding hydrogens is 396 g/mol. The average Bonchev–Trinajstić information content (AvgIpc) is 3.25. The van der Waals surface area contributed by atoms with Crippen LogP contribution in [0.1, 0.15) is 49.9 Å². The van der Waals surface area contributed by atoms with E-state index >= 15 is 0 Å². The zero-order valence-electron chi connectivity index (χ0n) is 16.4. The average molecular weight is 423 g/mol. The summed E-state index contributed by atoms with van der Waals surface area (Å²) in [6, 6.07) is 3.93. The summed E-state index contributed by atoms with van der Waals surface area (Å²) in [5, 5.41) is 14.3. The highest BCUT2D eigenvalue weighted by atomic mass is 32.2. The maximum atomic E-state index is 12.4. The molecule has 1 aliphatic carbocycles. The molecule has 2 aromatic heterocycles. The van der Waals surface area contributed by atoms with E-state index < -0.39 is 12.0 Å². The van der Waals surface area contributed by atoms with E-state index in [1.54, 1.807) is 11.3 Å². The molecular formula is C19H26N4O3S2. The molecule has 1 saturated carbocycles. The predicted octanol–water partition coefficient (Wildman–Crippen LogP) is 3.06. The molecule has 2 heterocycles. The van der Waals surface area contributed by atoms with Crippen molar-refractivity contribution in [2.45, 2.75) is 56.8 Å². The van der Waals surface area contributed by atoms with Crippen molar-refractivity contribution < 1.29 is 14.3 Å². The fraction of sp³-hybridized carbons (Fsp3) is 0.579. The molecule has 3 rings (SSSR count). The summed E-state index contributed by atoms with van der Waals surface area (Å²) in [5.41, 5.74) is 0. The van der Waals surface area contributed by atoms with E-state index in [0.29, 0.717) is 6.04 Å². The third-order valence-corrected chi connectivity index (χ3v) is 6.70. The minimum atomic E-state index is -0.626. The van der Waals surface area contributed by atoms with Gasteiger partial charge in [0.1, 0.15) is 11.9 Å². The highest BCUT2D eigenvalue weighted by Crippen LogP contribution is 2.39. The first-order valence-corrected chi connectivity index (χ1v) is 11.4. The third kappa shape index (κ3) is 5.14. The number of ether oxygens (including phenoxy) is 1. The molecule has 2 aromatic rings. The van der Waals surface area contributed by atoms with Crippen LogP contribution in [0.4, 0.5) is 0 Å². The zero-order valence-corrected chi connectivity index (χ0v) is 18.0. The van der Waals surface area contributed by atoms with Crippen LogP contribution >= 0.6 is 23.1 Å². The Morgan fingerprint density at radius 3 is 2.82 bits per heavy atom. The van der Waals surface area contributed by atoms with Crippen LogP contribution in [0.25, 0.3) is 0 Å². The maximum Gasteiger partial charge on any atom is 0.328 e. The van der Waals surface area contributed by atoms with Crippen molar-refractivity contribution >= 4 is 35.0 Å². The fourth-order valence-electron chi connectivity index (χ4n) is 2.94. The van der Waals surface area contributed by atoms with E-state index in [1.807, 2.05) is 19.9 Å². The van der Waals surface area contributed by atoms with Crippen molar-refractivity contribution in [1.29, 1.82) is 0 Å². The fourth-order valence-corrected chi connectivity index (χ4v) is 4.47. The van der Waals surface area contributed by atoms with E-state index in [1.165, 1.54) is 23.7 Å². The van der Waals surface area contributed by atoms with E-state index in [0.717, 1.165) is 36.7 Å². The van der Waals surface area contributed by atoms with Gasteiger partial charge in [0.2, 0.25) is 5.91 Å². The normalized spacial score (nSPS) is 15.8. The number of methoxy groups -OCH3 is 1. The van der Waals surface area contributed by atoms with Gasteiger partial charge >= 0.3 is 5.97 Å². The largest absolute Gasteiger partial charge is 0.467 e. The van der Waals surface area contributed by atoms with Gasteiger partial charge in [0.15, 0.2) is 5.16 Å². The van der Waals surface area contributed by atoms with Crippen molar-refractivity contribution in [3.05, 3.63) is 28.2 Å². The molecule has 1 amide bonds. The molecule has 9 heteroatoms. The summed E-state index contributed by atoms with van der Waals surface area (Å²) in [4.78, 5) is 25.6. The van der Waals surface area contributed by atoms with Crippen LogP contribution in [-0.4, -0.2) is 45.5 Å². The SMILES string of the molecule is CC[C@H](C)[C@@H](NC(=O)CSc1nnc(Cc2cccs2)n1C1CC1)C(=O)OC. The van der Waals surface area contributed by atoms with E-state index in [9.17, 15) is 9.59 Å². The van der Waals surface area contributed by atoms with Crippen LogP contribution < -0.4 is 5.32 Å². The lowest BCUT2D eigenvalue weighted by molar-refractivity contribution is -0.146. The van der Waals surface area contributed by atoms with Crippen molar-refractivity contribution in [2.75, 3.05) is 12.9 Å². The summed E-state index contributed by atoms with van der Waals surface area (Å²) >= 11 is 3.07. The van der Waals surface area contributed by atoms with Crippen LogP contribution in [0.5, 0.6) is 0 Å². The Kier molecular flexibility index (Phi) is 7.12. The molecule has 0 aliphatic heterocycles.